The summed E-state index contributed by atoms with van der Waals surface area (Å²) in [4.78, 5) is 32.1. The number of aryl methyl sites for hydroxylation is 2. The lowest BCUT2D eigenvalue weighted by molar-refractivity contribution is 0.0911. The number of aromatic nitrogens is 1. The van der Waals surface area contributed by atoms with Crippen molar-refractivity contribution in [3.05, 3.63) is 83.0 Å². The second-order valence-corrected chi connectivity index (χ2v) is 8.53. The number of nitrogens with one attached hydrogen (secondary N) is 1. The number of unbranched alkanes of at least 4 members (excludes halogenated alkanes) is 1. The summed E-state index contributed by atoms with van der Waals surface area (Å²) >= 11 is 0. The molecule has 0 bridgehead atoms. The molecule has 0 atom stereocenters. The van der Waals surface area contributed by atoms with Gasteiger partial charge in [0.15, 0.2) is 0 Å². The highest BCUT2D eigenvalue weighted by atomic mass is 16.5. The molecule has 0 saturated carbocycles. The normalized spacial score (nSPS) is 10.7. The lowest BCUT2D eigenvalue weighted by atomic mass is 9.99. The molecule has 6 heteroatoms. The minimum Gasteiger partial charge on any atom is -0.380 e. The molecular weight excluding hydrogens is 438 g/mol. The monoisotopic (exact) mass is 473 g/mol. The number of rotatable bonds is 11. The van der Waals surface area contributed by atoms with E-state index in [0.29, 0.717) is 37.3 Å². The Morgan fingerprint density at radius 1 is 1.03 bits per heavy atom. The van der Waals surface area contributed by atoms with Crippen molar-refractivity contribution in [3.8, 4) is 11.3 Å². The number of hydrogen-bond acceptors (Lipinski definition) is 4. The fraction of sp³-hybridized carbons (Fsp3) is 0.345. The molecule has 1 aromatic heterocycles. The van der Waals surface area contributed by atoms with Crippen LogP contribution in [0.4, 0.5) is 5.69 Å². The molecule has 184 valence electrons. The van der Waals surface area contributed by atoms with Crippen molar-refractivity contribution in [3.63, 3.8) is 0 Å². The van der Waals surface area contributed by atoms with Crippen LogP contribution in [0.15, 0.2) is 60.8 Å². The van der Waals surface area contributed by atoms with E-state index in [1.807, 2.05) is 56.3 Å². The zero-order valence-corrected chi connectivity index (χ0v) is 21.1. The number of hydrogen-bond donors (Lipinski definition) is 1. The minimum absolute atomic E-state index is 0.117. The Morgan fingerprint density at radius 3 is 2.57 bits per heavy atom. The average molecular weight is 474 g/mol. The highest BCUT2D eigenvalue weighted by Crippen LogP contribution is 2.28. The molecule has 0 unspecified atom stereocenters. The smallest absolute Gasteiger partial charge is 0.258 e. The van der Waals surface area contributed by atoms with Gasteiger partial charge in [-0.1, -0.05) is 32.4 Å². The van der Waals surface area contributed by atoms with Crippen LogP contribution in [0.1, 0.15) is 58.5 Å². The highest BCUT2D eigenvalue weighted by Gasteiger charge is 2.19. The molecule has 0 aliphatic heterocycles. The van der Waals surface area contributed by atoms with E-state index >= 15 is 0 Å². The minimum atomic E-state index is -0.162. The van der Waals surface area contributed by atoms with Crippen LogP contribution in [-0.4, -0.2) is 43.6 Å². The molecule has 0 spiro atoms. The summed E-state index contributed by atoms with van der Waals surface area (Å²) in [5.41, 5.74) is 5.71. The quantitative estimate of drug-likeness (QED) is 0.376. The van der Waals surface area contributed by atoms with Gasteiger partial charge in [-0.25, -0.2) is 0 Å². The molecule has 2 aromatic carbocycles. The van der Waals surface area contributed by atoms with Crippen LogP contribution in [0, 0.1) is 6.92 Å². The number of pyridine rings is 1. The predicted octanol–water partition coefficient (Wildman–Crippen LogP) is 5.44. The fourth-order valence-corrected chi connectivity index (χ4v) is 3.84. The van der Waals surface area contributed by atoms with Crippen molar-refractivity contribution >= 4 is 17.5 Å². The van der Waals surface area contributed by atoms with Crippen molar-refractivity contribution in [1.29, 1.82) is 0 Å². The SMILES string of the molecule is CCCCOCCNC(=O)c1ccc(C(=O)N(C)c2ccc(C)c(-c3ccccn3)c2)c(CC)c1. The summed E-state index contributed by atoms with van der Waals surface area (Å²) in [7, 11) is 1.77. The largest absolute Gasteiger partial charge is 0.380 e. The Kier molecular flexibility index (Phi) is 9.56. The third-order valence-electron chi connectivity index (χ3n) is 6.01. The number of carbonyl (C=O) groups is 2. The van der Waals surface area contributed by atoms with Gasteiger partial charge in [-0.2, -0.15) is 0 Å². The van der Waals surface area contributed by atoms with Crippen LogP contribution in [0.3, 0.4) is 0 Å². The van der Waals surface area contributed by atoms with Gasteiger partial charge in [0.05, 0.1) is 12.3 Å². The summed E-state index contributed by atoms with van der Waals surface area (Å²) in [6, 6.07) is 17.0. The Bertz CT molecular complexity index is 1150. The Morgan fingerprint density at radius 2 is 1.86 bits per heavy atom. The molecule has 0 aliphatic carbocycles. The molecule has 3 rings (SSSR count). The van der Waals surface area contributed by atoms with E-state index in [2.05, 4.69) is 17.2 Å². The number of ether oxygens (including phenoxy) is 1. The predicted molar refractivity (Wildman–Crippen MR) is 141 cm³/mol. The van der Waals surface area contributed by atoms with E-state index in [-0.39, 0.29) is 11.8 Å². The van der Waals surface area contributed by atoms with Crippen molar-refractivity contribution in [2.75, 3.05) is 31.7 Å². The molecule has 0 fully saturated rings. The number of amides is 2. The van der Waals surface area contributed by atoms with E-state index in [1.165, 1.54) is 0 Å². The zero-order chi connectivity index (χ0) is 25.2. The second kappa shape index (κ2) is 12.8. The van der Waals surface area contributed by atoms with Gasteiger partial charge < -0.3 is 15.0 Å². The maximum atomic E-state index is 13.4. The molecule has 0 radical (unpaired) electrons. The fourth-order valence-electron chi connectivity index (χ4n) is 3.84. The zero-order valence-electron chi connectivity index (χ0n) is 21.1. The van der Waals surface area contributed by atoms with Gasteiger partial charge in [0, 0.05) is 48.8 Å². The van der Waals surface area contributed by atoms with E-state index in [9.17, 15) is 9.59 Å². The summed E-state index contributed by atoms with van der Waals surface area (Å²) in [6.07, 6.45) is 4.51. The Hall–Kier alpha value is -3.51. The van der Waals surface area contributed by atoms with Crippen molar-refractivity contribution in [2.45, 2.75) is 40.0 Å². The maximum Gasteiger partial charge on any atom is 0.258 e. The van der Waals surface area contributed by atoms with Crippen LogP contribution < -0.4 is 10.2 Å². The lowest BCUT2D eigenvalue weighted by Gasteiger charge is -2.21. The van der Waals surface area contributed by atoms with Crippen LogP contribution in [0.25, 0.3) is 11.3 Å². The topological polar surface area (TPSA) is 71.5 Å². The molecule has 35 heavy (non-hydrogen) atoms. The van der Waals surface area contributed by atoms with Gasteiger partial charge in [0.25, 0.3) is 11.8 Å². The molecule has 0 saturated heterocycles. The third-order valence-corrected chi connectivity index (χ3v) is 6.01. The highest BCUT2D eigenvalue weighted by molar-refractivity contribution is 6.07. The molecule has 2 amide bonds. The van der Waals surface area contributed by atoms with Crippen LogP contribution in [0.5, 0.6) is 0 Å². The summed E-state index contributed by atoms with van der Waals surface area (Å²) in [5.74, 6) is -0.279. The first-order valence-corrected chi connectivity index (χ1v) is 12.2. The second-order valence-electron chi connectivity index (χ2n) is 8.53. The van der Waals surface area contributed by atoms with Gasteiger partial charge in [-0.05, 0) is 73.4 Å². The van der Waals surface area contributed by atoms with Gasteiger partial charge in [0.2, 0.25) is 0 Å². The van der Waals surface area contributed by atoms with Crippen LogP contribution in [-0.2, 0) is 11.2 Å². The van der Waals surface area contributed by atoms with Gasteiger partial charge in [-0.15, -0.1) is 0 Å². The molecule has 1 N–H and O–H groups in total. The first-order valence-electron chi connectivity index (χ1n) is 12.2. The molecule has 1 heterocycles. The van der Waals surface area contributed by atoms with Crippen molar-refractivity contribution in [1.82, 2.24) is 10.3 Å². The summed E-state index contributed by atoms with van der Waals surface area (Å²) in [5, 5.41) is 2.89. The molecule has 3 aromatic rings. The van der Waals surface area contributed by atoms with Gasteiger partial charge >= 0.3 is 0 Å². The average Bonchev–Trinajstić information content (AvgIpc) is 2.90. The summed E-state index contributed by atoms with van der Waals surface area (Å²) in [6.45, 7) is 7.79. The van der Waals surface area contributed by atoms with Crippen molar-refractivity contribution in [2.24, 2.45) is 0 Å². The number of anilines is 1. The van der Waals surface area contributed by atoms with Gasteiger partial charge in [0.1, 0.15) is 0 Å². The Labute approximate surface area is 208 Å². The Balaban J connectivity index is 1.74. The third kappa shape index (κ3) is 6.76. The van der Waals surface area contributed by atoms with E-state index in [1.54, 1.807) is 30.3 Å². The molecule has 6 nitrogen and oxygen atoms in total. The standard InChI is InChI=1S/C29H35N3O3/c1-5-7-17-35-18-16-31-28(33)23-12-14-25(22(6-2)19-23)29(34)32(4)24-13-11-21(3)26(20-24)27-10-8-9-15-30-27/h8-15,19-20H,5-7,16-18H2,1-4H3,(H,31,33). The maximum absolute atomic E-state index is 13.4. The van der Waals surface area contributed by atoms with E-state index < -0.39 is 0 Å². The molecule has 0 aliphatic rings. The number of nitrogens with zero attached hydrogens (tertiary/aromatic N) is 2. The number of carbonyl (C=O) groups excluding carboxylic acids is 2. The lowest BCUT2D eigenvalue weighted by Crippen LogP contribution is -2.29. The first-order chi connectivity index (χ1) is 17.0. The molecular formula is C29H35N3O3. The summed E-state index contributed by atoms with van der Waals surface area (Å²) < 4.78 is 5.50. The first kappa shape index (κ1) is 26.1. The van der Waals surface area contributed by atoms with E-state index in [4.69, 9.17) is 4.74 Å². The van der Waals surface area contributed by atoms with Crippen LogP contribution in [0.2, 0.25) is 0 Å². The number of benzene rings is 2. The van der Waals surface area contributed by atoms with Gasteiger partial charge in [-0.3, -0.25) is 14.6 Å². The van der Waals surface area contributed by atoms with Crippen LogP contribution >= 0.6 is 0 Å². The van der Waals surface area contributed by atoms with Crippen molar-refractivity contribution < 1.29 is 14.3 Å². The van der Waals surface area contributed by atoms with E-state index in [0.717, 1.165) is 40.9 Å².